The molecule has 0 radical (unpaired) electrons. The van der Waals surface area contributed by atoms with Gasteiger partial charge in [-0.1, -0.05) is 54.2 Å². The maximum absolute atomic E-state index is 12.4. The summed E-state index contributed by atoms with van der Waals surface area (Å²) in [4.78, 5) is 31.9. The molecule has 4 rings (SSSR count). The highest BCUT2D eigenvalue weighted by molar-refractivity contribution is 7.99. The van der Waals surface area contributed by atoms with Crippen LogP contribution < -0.4 is 5.69 Å². The third kappa shape index (κ3) is 4.38. The van der Waals surface area contributed by atoms with Gasteiger partial charge < -0.3 is 14.8 Å². The number of hydrogen-bond acceptors (Lipinski definition) is 7. The van der Waals surface area contributed by atoms with Gasteiger partial charge in [0.2, 0.25) is 0 Å². The number of ether oxygens (including phenoxy) is 1. The van der Waals surface area contributed by atoms with Gasteiger partial charge in [-0.3, -0.25) is 4.57 Å². The van der Waals surface area contributed by atoms with Crippen molar-refractivity contribution in [1.82, 2.24) is 24.7 Å². The summed E-state index contributed by atoms with van der Waals surface area (Å²) < 4.78 is 6.30. The Bertz CT molecular complexity index is 1270. The van der Waals surface area contributed by atoms with Crippen LogP contribution in [-0.4, -0.2) is 48.7 Å². The summed E-state index contributed by atoms with van der Waals surface area (Å²) in [5, 5.41) is 17.5. The van der Waals surface area contributed by atoms with Crippen LogP contribution in [0.4, 0.5) is 0 Å². The van der Waals surface area contributed by atoms with Crippen LogP contribution in [0.5, 0.6) is 0 Å². The summed E-state index contributed by atoms with van der Waals surface area (Å²) in [6, 6.07) is 16.8. The molecule has 0 amide bonds. The van der Waals surface area contributed by atoms with E-state index in [0.29, 0.717) is 17.2 Å². The molecule has 31 heavy (non-hydrogen) atoms. The van der Waals surface area contributed by atoms with Gasteiger partial charge in [-0.2, -0.15) is 0 Å². The number of H-pyrrole nitrogens is 2. The van der Waals surface area contributed by atoms with Crippen LogP contribution in [0.3, 0.4) is 0 Å². The van der Waals surface area contributed by atoms with Crippen molar-refractivity contribution in [3.05, 3.63) is 82.2 Å². The number of aliphatic hydroxyl groups is 1. The Morgan fingerprint density at radius 1 is 1.16 bits per heavy atom. The summed E-state index contributed by atoms with van der Waals surface area (Å²) in [6.45, 7) is 0.330. The number of nitrogens with one attached hydrogen (secondary N) is 2. The smallest absolute Gasteiger partial charge is 0.345 e. The van der Waals surface area contributed by atoms with Gasteiger partial charge in [0.1, 0.15) is 17.2 Å². The number of hydrogen-bond donors (Lipinski definition) is 3. The maximum atomic E-state index is 12.4. The minimum Gasteiger partial charge on any atom is -0.510 e. The number of fused-ring (bicyclic) bond motifs is 1. The van der Waals surface area contributed by atoms with Gasteiger partial charge in [0.25, 0.3) is 0 Å². The van der Waals surface area contributed by atoms with Crippen LogP contribution in [0.1, 0.15) is 11.4 Å². The average molecular weight is 437 g/mol. The van der Waals surface area contributed by atoms with E-state index < -0.39 is 5.97 Å². The number of rotatable bonds is 7. The number of esters is 1. The molecule has 2 aromatic heterocycles. The molecule has 9 nitrogen and oxygen atoms in total. The number of aliphatic hydroxyl groups excluding tert-OH is 1. The van der Waals surface area contributed by atoms with Crippen molar-refractivity contribution in [3.63, 3.8) is 0 Å². The van der Waals surface area contributed by atoms with E-state index in [1.54, 1.807) is 6.07 Å². The summed E-state index contributed by atoms with van der Waals surface area (Å²) in [7, 11) is 1.23. The molecule has 0 saturated carbocycles. The first-order valence-corrected chi connectivity index (χ1v) is 10.3. The number of para-hydroxylation sites is 2. The van der Waals surface area contributed by atoms with Crippen molar-refractivity contribution in [2.75, 3.05) is 12.9 Å². The first-order valence-electron chi connectivity index (χ1n) is 9.34. The van der Waals surface area contributed by atoms with Crippen molar-refractivity contribution in [2.45, 2.75) is 11.7 Å². The highest BCUT2D eigenvalue weighted by Gasteiger charge is 2.23. The molecule has 0 aliphatic rings. The first kappa shape index (κ1) is 20.5. The number of nitrogens with zero attached hydrogens (tertiary/aromatic N) is 3. The van der Waals surface area contributed by atoms with Gasteiger partial charge in [-0.15, -0.1) is 5.10 Å². The fraction of sp³-hybridized carbons (Fsp3) is 0.143. The van der Waals surface area contributed by atoms with E-state index in [0.717, 1.165) is 22.8 Å². The largest absolute Gasteiger partial charge is 0.510 e. The number of imidazole rings is 1. The summed E-state index contributed by atoms with van der Waals surface area (Å²) in [5.41, 5.74) is 1.89. The molecule has 158 valence electrons. The van der Waals surface area contributed by atoms with Crippen molar-refractivity contribution in [3.8, 4) is 0 Å². The molecule has 3 N–H and O–H groups in total. The number of carbonyl (C=O) groups is 1. The number of aromatic nitrogens is 5. The molecular weight excluding hydrogens is 418 g/mol. The molecule has 2 heterocycles. The van der Waals surface area contributed by atoms with E-state index in [-0.39, 0.29) is 28.6 Å². The van der Waals surface area contributed by atoms with Crippen LogP contribution >= 0.6 is 11.8 Å². The third-order valence-corrected chi connectivity index (χ3v) is 5.54. The van der Waals surface area contributed by atoms with E-state index in [2.05, 4.69) is 20.2 Å². The quantitative estimate of drug-likeness (QED) is 0.176. The van der Waals surface area contributed by atoms with Crippen molar-refractivity contribution < 1.29 is 14.6 Å². The molecule has 10 heteroatoms. The predicted octanol–water partition coefficient (Wildman–Crippen LogP) is 2.73. The molecule has 0 aliphatic heterocycles. The van der Waals surface area contributed by atoms with Gasteiger partial charge in [0.15, 0.2) is 5.16 Å². The molecule has 0 unspecified atom stereocenters. The number of aromatic amines is 2. The summed E-state index contributed by atoms with van der Waals surface area (Å²) in [5.74, 6) is -0.770. The van der Waals surface area contributed by atoms with Gasteiger partial charge >= 0.3 is 11.7 Å². The maximum Gasteiger partial charge on any atom is 0.345 e. The molecular formula is C21H19N5O4S. The number of benzene rings is 2. The predicted molar refractivity (Wildman–Crippen MR) is 117 cm³/mol. The van der Waals surface area contributed by atoms with Gasteiger partial charge in [0, 0.05) is 0 Å². The van der Waals surface area contributed by atoms with E-state index in [4.69, 9.17) is 4.74 Å². The Morgan fingerprint density at radius 3 is 2.65 bits per heavy atom. The molecule has 0 atom stereocenters. The lowest BCUT2D eigenvalue weighted by Gasteiger charge is -2.08. The molecule has 0 bridgehead atoms. The summed E-state index contributed by atoms with van der Waals surface area (Å²) >= 11 is 1.12. The minimum absolute atomic E-state index is 0.0133. The third-order valence-electron chi connectivity index (χ3n) is 4.55. The standard InChI is InChI=1S/C21H19N5O4S/c1-30-19(28)17(18-22-14-9-5-6-10-15(14)23-18)16(27)12-31-21-25-24-20(29)26(21)11-13-7-3-2-4-8-13/h2-10,27H,11-12H2,1H3,(H,22,23)(H,24,29)/b17-16+. The molecule has 0 spiro atoms. The average Bonchev–Trinajstić information content (AvgIpc) is 3.36. The zero-order chi connectivity index (χ0) is 21.8. The molecule has 0 aliphatic carbocycles. The van der Waals surface area contributed by atoms with Crippen molar-refractivity contribution in [2.24, 2.45) is 0 Å². The number of thioether (sulfide) groups is 1. The van der Waals surface area contributed by atoms with Crippen LogP contribution in [0, 0.1) is 0 Å². The zero-order valence-electron chi connectivity index (χ0n) is 16.5. The normalized spacial score (nSPS) is 12.0. The molecule has 2 aromatic carbocycles. The second-order valence-electron chi connectivity index (χ2n) is 6.59. The molecule has 0 saturated heterocycles. The zero-order valence-corrected chi connectivity index (χ0v) is 17.3. The van der Waals surface area contributed by atoms with Crippen LogP contribution in [0.25, 0.3) is 16.6 Å². The van der Waals surface area contributed by atoms with E-state index in [1.807, 2.05) is 48.5 Å². The highest BCUT2D eigenvalue weighted by atomic mass is 32.2. The highest BCUT2D eigenvalue weighted by Crippen LogP contribution is 2.24. The van der Waals surface area contributed by atoms with Crippen LogP contribution in [-0.2, 0) is 16.1 Å². The van der Waals surface area contributed by atoms with Crippen LogP contribution in [0.2, 0.25) is 0 Å². The first-order chi connectivity index (χ1) is 15.1. The minimum atomic E-state index is -0.721. The van der Waals surface area contributed by atoms with Crippen molar-refractivity contribution >= 4 is 34.3 Å². The Morgan fingerprint density at radius 2 is 1.90 bits per heavy atom. The molecule has 4 aromatic rings. The lowest BCUT2D eigenvalue weighted by molar-refractivity contribution is -0.133. The molecule has 0 fully saturated rings. The number of methoxy groups -OCH3 is 1. The van der Waals surface area contributed by atoms with Crippen LogP contribution in [0.15, 0.2) is 70.3 Å². The van der Waals surface area contributed by atoms with Gasteiger partial charge in [-0.25, -0.2) is 19.7 Å². The van der Waals surface area contributed by atoms with E-state index in [9.17, 15) is 14.7 Å². The fourth-order valence-corrected chi connectivity index (χ4v) is 3.87. The lowest BCUT2D eigenvalue weighted by Crippen LogP contribution is -2.18. The SMILES string of the molecule is COC(=O)/C(=C(/O)CSc1n[nH]c(=O)n1Cc1ccccc1)c1nc2ccccc2[nH]1. The summed E-state index contributed by atoms with van der Waals surface area (Å²) in [6.07, 6.45) is 0. The second kappa shape index (κ2) is 8.92. The topological polar surface area (TPSA) is 126 Å². The second-order valence-corrected chi connectivity index (χ2v) is 7.53. The van der Waals surface area contributed by atoms with E-state index >= 15 is 0 Å². The monoisotopic (exact) mass is 437 g/mol. The fourth-order valence-electron chi connectivity index (χ4n) is 3.05. The van der Waals surface area contributed by atoms with E-state index in [1.165, 1.54) is 11.7 Å². The Hall–Kier alpha value is -3.79. The number of carbonyl (C=O) groups excluding carboxylic acids is 1. The Kier molecular flexibility index (Phi) is 5.89. The van der Waals surface area contributed by atoms with Gasteiger partial charge in [-0.05, 0) is 17.7 Å². The Balaban J connectivity index is 1.61. The van der Waals surface area contributed by atoms with Gasteiger partial charge in [0.05, 0.1) is 30.4 Å². The Labute approximate surface area is 180 Å². The lowest BCUT2D eigenvalue weighted by atomic mass is 10.2. The van der Waals surface area contributed by atoms with Crippen molar-refractivity contribution in [1.29, 1.82) is 0 Å².